The fourth-order valence-corrected chi connectivity index (χ4v) is 1.54. The fraction of sp³-hybridized carbons (Fsp3) is 0.182. The molecular weight excluding hydrogens is 227 g/mol. The summed E-state index contributed by atoms with van der Waals surface area (Å²) < 4.78 is 13.5. The van der Waals surface area contributed by atoms with E-state index in [1.54, 1.807) is 13.0 Å². The Morgan fingerprint density at radius 1 is 1.53 bits per heavy atom. The summed E-state index contributed by atoms with van der Waals surface area (Å²) in [4.78, 5) is 22.0. The molecule has 0 fully saturated rings. The van der Waals surface area contributed by atoms with Crippen LogP contribution >= 0.6 is 0 Å². The molecular formula is C11H9FN2O3. The Bertz CT molecular complexity index is 540. The number of carbonyl (C=O) groups is 2. The minimum absolute atomic E-state index is 0.106. The van der Waals surface area contributed by atoms with Crippen molar-refractivity contribution in [2.45, 2.75) is 6.92 Å². The molecule has 17 heavy (non-hydrogen) atoms. The molecule has 1 N–H and O–H groups in total. The summed E-state index contributed by atoms with van der Waals surface area (Å²) in [7, 11) is 0. The number of halogens is 1. The number of carboxylic acid groups (broad SMARTS) is 1. The number of hydrogen-bond donors (Lipinski definition) is 1. The van der Waals surface area contributed by atoms with Crippen molar-refractivity contribution >= 4 is 23.2 Å². The van der Waals surface area contributed by atoms with Crippen LogP contribution in [-0.2, 0) is 9.59 Å². The second kappa shape index (κ2) is 3.97. The van der Waals surface area contributed by atoms with E-state index in [4.69, 9.17) is 5.11 Å². The van der Waals surface area contributed by atoms with E-state index < -0.39 is 23.3 Å². The van der Waals surface area contributed by atoms with Crippen LogP contribution in [0.15, 0.2) is 23.3 Å². The Balaban J connectivity index is 2.40. The number of anilines is 1. The van der Waals surface area contributed by atoms with Crippen LogP contribution in [0.4, 0.5) is 10.1 Å². The van der Waals surface area contributed by atoms with Gasteiger partial charge in [-0.2, -0.15) is 5.10 Å². The van der Waals surface area contributed by atoms with Gasteiger partial charge in [-0.3, -0.25) is 9.80 Å². The minimum atomic E-state index is -1.40. The molecule has 0 unspecified atom stereocenters. The zero-order valence-corrected chi connectivity index (χ0v) is 8.98. The van der Waals surface area contributed by atoms with Gasteiger partial charge in [0.1, 0.15) is 12.4 Å². The standard InChI is InChI=1S/C11H9FN2O3/c1-6-2-3-7(12)8(4-6)14-5-9(15)10(13-14)11(16)17/h2-4H,5H2,1H3,(H,16,17). The van der Waals surface area contributed by atoms with Gasteiger partial charge in [0.25, 0.3) is 0 Å². The summed E-state index contributed by atoms with van der Waals surface area (Å²) in [6.07, 6.45) is 0. The number of aryl methyl sites for hydroxylation is 1. The second-order valence-corrected chi connectivity index (χ2v) is 3.69. The molecule has 0 saturated heterocycles. The number of rotatable bonds is 2. The number of carboxylic acids is 1. The molecule has 0 radical (unpaired) electrons. The van der Waals surface area contributed by atoms with Crippen LogP contribution in [0, 0.1) is 12.7 Å². The topological polar surface area (TPSA) is 70.0 Å². The SMILES string of the molecule is Cc1ccc(F)c(N2CC(=O)C(C(=O)O)=N2)c1. The fourth-order valence-electron chi connectivity index (χ4n) is 1.54. The predicted molar refractivity (Wildman–Crippen MR) is 58.6 cm³/mol. The average Bonchev–Trinajstić information content (AvgIpc) is 2.64. The van der Waals surface area contributed by atoms with E-state index in [1.165, 1.54) is 12.1 Å². The molecule has 0 saturated carbocycles. The predicted octanol–water partition coefficient (Wildman–Crippen LogP) is 0.964. The molecule has 2 rings (SSSR count). The number of ketones is 1. The molecule has 1 aliphatic heterocycles. The van der Waals surface area contributed by atoms with Crippen LogP contribution in [0.1, 0.15) is 5.56 Å². The van der Waals surface area contributed by atoms with Gasteiger partial charge in [-0.1, -0.05) is 6.07 Å². The van der Waals surface area contributed by atoms with Gasteiger partial charge in [-0.25, -0.2) is 9.18 Å². The lowest BCUT2D eigenvalue weighted by atomic mass is 10.2. The van der Waals surface area contributed by atoms with Crippen molar-refractivity contribution in [2.24, 2.45) is 5.10 Å². The number of carbonyl (C=O) groups excluding carboxylic acids is 1. The average molecular weight is 236 g/mol. The zero-order valence-electron chi connectivity index (χ0n) is 8.98. The first-order valence-corrected chi connectivity index (χ1v) is 4.88. The quantitative estimate of drug-likeness (QED) is 0.830. The minimum Gasteiger partial charge on any atom is -0.476 e. The molecule has 1 aliphatic rings. The second-order valence-electron chi connectivity index (χ2n) is 3.69. The van der Waals surface area contributed by atoms with E-state index in [-0.39, 0.29) is 12.2 Å². The largest absolute Gasteiger partial charge is 0.476 e. The Kier molecular flexibility index (Phi) is 2.63. The molecule has 5 nitrogen and oxygen atoms in total. The van der Waals surface area contributed by atoms with Gasteiger partial charge >= 0.3 is 5.97 Å². The molecule has 0 bridgehead atoms. The smallest absolute Gasteiger partial charge is 0.360 e. The van der Waals surface area contributed by atoms with Crippen LogP contribution in [0.25, 0.3) is 0 Å². The first-order chi connectivity index (χ1) is 7.99. The molecule has 0 aliphatic carbocycles. The Labute approximate surface area is 96.2 Å². The lowest BCUT2D eigenvalue weighted by molar-refractivity contribution is -0.130. The molecule has 1 heterocycles. The van der Waals surface area contributed by atoms with E-state index in [0.29, 0.717) is 0 Å². The highest BCUT2D eigenvalue weighted by molar-refractivity contribution is 6.65. The summed E-state index contributed by atoms with van der Waals surface area (Å²) in [6.45, 7) is 1.52. The lowest BCUT2D eigenvalue weighted by Gasteiger charge is -2.13. The molecule has 0 amide bonds. The van der Waals surface area contributed by atoms with E-state index in [0.717, 1.165) is 10.6 Å². The van der Waals surface area contributed by atoms with E-state index >= 15 is 0 Å². The third-order valence-electron chi connectivity index (χ3n) is 2.36. The number of nitrogens with zero attached hydrogens (tertiary/aromatic N) is 2. The van der Waals surface area contributed by atoms with Crippen molar-refractivity contribution in [2.75, 3.05) is 11.6 Å². The van der Waals surface area contributed by atoms with Gasteiger partial charge in [-0.05, 0) is 24.6 Å². The van der Waals surface area contributed by atoms with Crippen LogP contribution in [0.2, 0.25) is 0 Å². The third-order valence-corrected chi connectivity index (χ3v) is 2.36. The maximum Gasteiger partial charge on any atom is 0.360 e. The Morgan fingerprint density at radius 3 is 2.82 bits per heavy atom. The van der Waals surface area contributed by atoms with Gasteiger partial charge in [0, 0.05) is 0 Å². The van der Waals surface area contributed by atoms with Crippen molar-refractivity contribution in [1.29, 1.82) is 0 Å². The third kappa shape index (κ3) is 2.01. The van der Waals surface area contributed by atoms with Crippen molar-refractivity contribution in [3.05, 3.63) is 29.6 Å². The number of hydrazone groups is 1. The molecule has 0 spiro atoms. The normalized spacial score (nSPS) is 15.1. The van der Waals surface area contributed by atoms with Gasteiger partial charge in [0.2, 0.25) is 11.5 Å². The lowest BCUT2D eigenvalue weighted by Crippen LogP contribution is -2.23. The summed E-state index contributed by atoms with van der Waals surface area (Å²) in [6, 6.07) is 4.35. The van der Waals surface area contributed by atoms with Gasteiger partial charge in [0.05, 0.1) is 5.69 Å². The van der Waals surface area contributed by atoms with Gasteiger partial charge in [-0.15, -0.1) is 0 Å². The molecule has 88 valence electrons. The highest BCUT2D eigenvalue weighted by Gasteiger charge is 2.30. The van der Waals surface area contributed by atoms with Crippen LogP contribution in [0.5, 0.6) is 0 Å². The van der Waals surface area contributed by atoms with Crippen LogP contribution in [-0.4, -0.2) is 29.1 Å². The first-order valence-electron chi connectivity index (χ1n) is 4.88. The zero-order chi connectivity index (χ0) is 12.6. The molecule has 0 aromatic heterocycles. The Hall–Kier alpha value is -2.24. The first kappa shape index (κ1) is 11.3. The van der Waals surface area contributed by atoms with Gasteiger partial charge in [0.15, 0.2) is 0 Å². The highest BCUT2D eigenvalue weighted by Crippen LogP contribution is 2.23. The number of hydrogen-bond acceptors (Lipinski definition) is 4. The summed E-state index contributed by atoms with van der Waals surface area (Å²) >= 11 is 0. The summed E-state index contributed by atoms with van der Waals surface area (Å²) in [5, 5.41) is 13.4. The maximum atomic E-state index is 13.5. The molecule has 1 aromatic carbocycles. The van der Waals surface area contributed by atoms with Crippen LogP contribution in [0.3, 0.4) is 0 Å². The maximum absolute atomic E-state index is 13.5. The van der Waals surface area contributed by atoms with Crippen molar-refractivity contribution in [3.63, 3.8) is 0 Å². The van der Waals surface area contributed by atoms with E-state index in [9.17, 15) is 14.0 Å². The molecule has 1 aromatic rings. The monoisotopic (exact) mass is 236 g/mol. The Morgan fingerprint density at radius 2 is 2.24 bits per heavy atom. The van der Waals surface area contributed by atoms with Crippen molar-refractivity contribution < 1.29 is 19.1 Å². The van der Waals surface area contributed by atoms with E-state index in [2.05, 4.69) is 5.10 Å². The van der Waals surface area contributed by atoms with E-state index in [1.807, 2.05) is 0 Å². The van der Waals surface area contributed by atoms with Crippen molar-refractivity contribution in [3.8, 4) is 0 Å². The van der Waals surface area contributed by atoms with Crippen LogP contribution < -0.4 is 5.01 Å². The number of benzene rings is 1. The summed E-state index contributed by atoms with van der Waals surface area (Å²) in [5.74, 6) is -2.57. The molecule has 6 heteroatoms. The highest BCUT2D eigenvalue weighted by atomic mass is 19.1. The van der Waals surface area contributed by atoms with Crippen molar-refractivity contribution in [1.82, 2.24) is 0 Å². The van der Waals surface area contributed by atoms with Gasteiger partial charge < -0.3 is 5.11 Å². The number of Topliss-reactive ketones (excluding diaryl/α,β-unsaturated/α-hetero) is 1. The summed E-state index contributed by atoms with van der Waals surface area (Å²) in [5.41, 5.74) is 0.341. The molecule has 0 atom stereocenters. The number of aliphatic carboxylic acids is 1.